The minimum atomic E-state index is 0.0730. The summed E-state index contributed by atoms with van der Waals surface area (Å²) in [4.78, 5) is 5.45. The first-order valence-corrected chi connectivity index (χ1v) is 8.32. The SMILES string of the molecule is Cc1nsc(Sc2c(Cl)cccc2CNC(C)(C)C)n1. The van der Waals surface area contributed by atoms with Crippen molar-refractivity contribution in [2.24, 2.45) is 0 Å². The molecular formula is C14H18ClN3S2. The number of halogens is 1. The molecular weight excluding hydrogens is 310 g/mol. The third-order valence-corrected chi connectivity index (χ3v) is 5.01. The summed E-state index contributed by atoms with van der Waals surface area (Å²) in [6.45, 7) is 9.13. The minimum absolute atomic E-state index is 0.0730. The quantitative estimate of drug-likeness (QED) is 0.894. The van der Waals surface area contributed by atoms with Gasteiger partial charge in [0.05, 0.1) is 5.02 Å². The Morgan fingerprint density at radius 1 is 1.35 bits per heavy atom. The van der Waals surface area contributed by atoms with E-state index in [4.69, 9.17) is 11.6 Å². The lowest BCUT2D eigenvalue weighted by Gasteiger charge is -2.21. The van der Waals surface area contributed by atoms with Gasteiger partial charge in [0.25, 0.3) is 0 Å². The third kappa shape index (κ3) is 4.45. The van der Waals surface area contributed by atoms with Crippen molar-refractivity contribution < 1.29 is 0 Å². The largest absolute Gasteiger partial charge is 0.308 e. The van der Waals surface area contributed by atoms with E-state index in [9.17, 15) is 0 Å². The highest BCUT2D eigenvalue weighted by atomic mass is 35.5. The molecule has 2 aromatic rings. The number of nitrogens with zero attached hydrogens (tertiary/aromatic N) is 2. The van der Waals surface area contributed by atoms with Gasteiger partial charge in [0.1, 0.15) is 5.82 Å². The molecule has 0 atom stereocenters. The van der Waals surface area contributed by atoms with Crippen LogP contribution in [-0.2, 0) is 6.54 Å². The predicted octanol–water partition coefficient (Wildman–Crippen LogP) is 4.54. The maximum atomic E-state index is 6.34. The van der Waals surface area contributed by atoms with Gasteiger partial charge in [-0.1, -0.05) is 35.5 Å². The van der Waals surface area contributed by atoms with Gasteiger partial charge in [-0.15, -0.1) is 0 Å². The van der Waals surface area contributed by atoms with Crippen LogP contribution in [0.4, 0.5) is 0 Å². The average Bonchev–Trinajstić information content (AvgIpc) is 2.75. The van der Waals surface area contributed by atoms with E-state index in [1.165, 1.54) is 17.1 Å². The monoisotopic (exact) mass is 327 g/mol. The van der Waals surface area contributed by atoms with Gasteiger partial charge in [0.2, 0.25) is 0 Å². The van der Waals surface area contributed by atoms with E-state index < -0.39 is 0 Å². The summed E-state index contributed by atoms with van der Waals surface area (Å²) in [5.41, 5.74) is 1.26. The topological polar surface area (TPSA) is 37.8 Å². The molecule has 1 N–H and O–H groups in total. The van der Waals surface area contributed by atoms with Gasteiger partial charge in [-0.25, -0.2) is 4.98 Å². The van der Waals surface area contributed by atoms with Gasteiger partial charge in [-0.2, -0.15) is 4.37 Å². The Hall–Kier alpha value is -0.620. The maximum Gasteiger partial charge on any atom is 0.174 e. The maximum absolute atomic E-state index is 6.34. The van der Waals surface area contributed by atoms with Crippen LogP contribution in [0.5, 0.6) is 0 Å². The van der Waals surface area contributed by atoms with E-state index in [-0.39, 0.29) is 5.54 Å². The normalized spacial score (nSPS) is 11.8. The second kappa shape index (κ2) is 6.43. The molecule has 0 saturated heterocycles. The van der Waals surface area contributed by atoms with Crippen molar-refractivity contribution >= 4 is 34.9 Å². The lowest BCUT2D eigenvalue weighted by Crippen LogP contribution is -2.35. The van der Waals surface area contributed by atoms with Crippen LogP contribution < -0.4 is 5.32 Å². The van der Waals surface area contributed by atoms with Crippen LogP contribution in [0.15, 0.2) is 27.4 Å². The van der Waals surface area contributed by atoms with Gasteiger partial charge < -0.3 is 5.32 Å². The van der Waals surface area contributed by atoms with Crippen molar-refractivity contribution in [3.63, 3.8) is 0 Å². The summed E-state index contributed by atoms with van der Waals surface area (Å²) < 4.78 is 5.13. The summed E-state index contributed by atoms with van der Waals surface area (Å²) in [6.07, 6.45) is 0. The van der Waals surface area contributed by atoms with Crippen molar-refractivity contribution in [1.82, 2.24) is 14.7 Å². The Balaban J connectivity index is 2.22. The lowest BCUT2D eigenvalue weighted by atomic mass is 10.1. The molecule has 3 nitrogen and oxygen atoms in total. The Labute approximate surface area is 133 Å². The van der Waals surface area contributed by atoms with Gasteiger partial charge >= 0.3 is 0 Å². The summed E-state index contributed by atoms with van der Waals surface area (Å²) in [5, 5.41) is 4.25. The molecule has 1 heterocycles. The molecule has 6 heteroatoms. The molecule has 0 aliphatic rings. The number of hydrogen-bond donors (Lipinski definition) is 1. The zero-order chi connectivity index (χ0) is 14.8. The zero-order valence-electron chi connectivity index (χ0n) is 12.0. The van der Waals surface area contributed by atoms with Crippen molar-refractivity contribution in [3.8, 4) is 0 Å². The lowest BCUT2D eigenvalue weighted by molar-refractivity contribution is 0.422. The first-order chi connectivity index (χ1) is 9.35. The molecule has 0 aliphatic carbocycles. The Kier molecular flexibility index (Phi) is 5.07. The smallest absolute Gasteiger partial charge is 0.174 e. The zero-order valence-corrected chi connectivity index (χ0v) is 14.4. The van der Waals surface area contributed by atoms with Gasteiger partial charge in [-0.3, -0.25) is 0 Å². The molecule has 0 saturated carbocycles. The second-order valence-electron chi connectivity index (χ2n) is 5.54. The molecule has 0 spiro atoms. The predicted molar refractivity (Wildman–Crippen MR) is 86.8 cm³/mol. The van der Waals surface area contributed by atoms with Crippen LogP contribution >= 0.6 is 34.9 Å². The highest BCUT2D eigenvalue weighted by molar-refractivity contribution is 8.01. The molecule has 0 amide bonds. The third-order valence-electron chi connectivity index (χ3n) is 2.56. The van der Waals surface area contributed by atoms with Gasteiger partial charge in [0, 0.05) is 17.0 Å². The first kappa shape index (κ1) is 15.8. The highest BCUT2D eigenvalue weighted by Gasteiger charge is 2.14. The van der Waals surface area contributed by atoms with Crippen molar-refractivity contribution in [3.05, 3.63) is 34.6 Å². The van der Waals surface area contributed by atoms with E-state index in [0.717, 1.165) is 26.6 Å². The highest BCUT2D eigenvalue weighted by Crippen LogP contribution is 2.36. The Morgan fingerprint density at radius 2 is 2.10 bits per heavy atom. The van der Waals surface area contributed by atoms with Crippen LogP contribution in [0.2, 0.25) is 5.02 Å². The molecule has 108 valence electrons. The minimum Gasteiger partial charge on any atom is -0.308 e. The van der Waals surface area contributed by atoms with Gasteiger partial charge in [0.15, 0.2) is 4.34 Å². The second-order valence-corrected chi connectivity index (χ2v) is 7.96. The van der Waals surface area contributed by atoms with Crippen molar-refractivity contribution in [1.29, 1.82) is 0 Å². The number of rotatable bonds is 4. The van der Waals surface area contributed by atoms with Crippen LogP contribution in [-0.4, -0.2) is 14.9 Å². The summed E-state index contributed by atoms with van der Waals surface area (Å²) >= 11 is 9.34. The van der Waals surface area contributed by atoms with Crippen LogP contribution in [0.1, 0.15) is 32.2 Å². The van der Waals surface area contributed by atoms with Crippen molar-refractivity contribution in [2.75, 3.05) is 0 Å². The summed E-state index contributed by atoms with van der Waals surface area (Å²) in [7, 11) is 0. The number of nitrogens with one attached hydrogen (secondary N) is 1. The number of aryl methyl sites for hydroxylation is 1. The Bertz CT molecular complexity index is 590. The number of aromatic nitrogens is 2. The van der Waals surface area contributed by atoms with Crippen molar-refractivity contribution in [2.45, 2.75) is 49.0 Å². The fourth-order valence-corrected chi connectivity index (χ4v) is 3.61. The molecule has 2 rings (SSSR count). The molecule has 0 fully saturated rings. The summed E-state index contributed by atoms with van der Waals surface area (Å²) in [5.74, 6) is 0.805. The molecule has 20 heavy (non-hydrogen) atoms. The molecule has 1 aromatic heterocycles. The first-order valence-electron chi connectivity index (χ1n) is 6.36. The van der Waals surface area contributed by atoms with E-state index in [2.05, 4.69) is 41.5 Å². The standard InChI is InChI=1S/C14H18ClN3S2/c1-9-17-13(20-18-9)19-12-10(6-5-7-11(12)15)8-16-14(2,3)4/h5-7,16H,8H2,1-4H3. The fraction of sp³-hybridized carbons (Fsp3) is 0.429. The van der Waals surface area contributed by atoms with E-state index in [0.29, 0.717) is 0 Å². The molecule has 0 bridgehead atoms. The average molecular weight is 328 g/mol. The van der Waals surface area contributed by atoms with E-state index in [1.807, 2.05) is 19.1 Å². The van der Waals surface area contributed by atoms with Crippen LogP contribution in [0.3, 0.4) is 0 Å². The number of hydrogen-bond acceptors (Lipinski definition) is 5. The fourth-order valence-electron chi connectivity index (χ4n) is 1.57. The number of benzene rings is 1. The van der Waals surface area contributed by atoms with Crippen LogP contribution in [0, 0.1) is 6.92 Å². The molecule has 0 unspecified atom stereocenters. The van der Waals surface area contributed by atoms with Crippen LogP contribution in [0.25, 0.3) is 0 Å². The summed E-state index contributed by atoms with van der Waals surface area (Å²) in [6, 6.07) is 6.00. The molecule has 0 aliphatic heterocycles. The molecule has 1 aromatic carbocycles. The van der Waals surface area contributed by atoms with Gasteiger partial charge in [-0.05, 0) is 50.9 Å². The van der Waals surface area contributed by atoms with E-state index in [1.54, 1.807) is 11.8 Å². The molecule has 0 radical (unpaired) electrons. The Morgan fingerprint density at radius 3 is 2.70 bits per heavy atom. The van der Waals surface area contributed by atoms with E-state index >= 15 is 0 Å².